The molecule has 36 heavy (non-hydrogen) atoms. The number of H-pyrrole nitrogens is 1. The van der Waals surface area contributed by atoms with Crippen LogP contribution in [0.25, 0.3) is 22.3 Å². The molecule has 5 N–H and O–H groups in total. The highest BCUT2D eigenvalue weighted by Gasteiger charge is 2.31. The summed E-state index contributed by atoms with van der Waals surface area (Å²) >= 11 is 0. The van der Waals surface area contributed by atoms with Crippen molar-refractivity contribution in [2.24, 2.45) is 0 Å². The molecule has 11 nitrogen and oxygen atoms in total. The second kappa shape index (κ2) is 10.8. The van der Waals surface area contributed by atoms with Gasteiger partial charge in [0.1, 0.15) is 5.52 Å². The topological polar surface area (TPSA) is 158 Å². The lowest BCUT2D eigenvalue weighted by Crippen LogP contribution is -2.49. The Bertz CT molecular complexity index is 1260. The fraction of sp³-hybridized carbons (Fsp3) is 0.400. The predicted molar refractivity (Wildman–Crippen MR) is 135 cm³/mol. The molecule has 0 spiro atoms. The first-order chi connectivity index (χ1) is 17.4. The number of nitrogens with two attached hydrogens (primary N) is 1. The van der Waals surface area contributed by atoms with Crippen LogP contribution in [0.5, 0.6) is 0 Å². The maximum absolute atomic E-state index is 12.8. The number of nitrogen functional groups attached to an aromatic ring is 1. The van der Waals surface area contributed by atoms with E-state index in [-0.39, 0.29) is 18.1 Å². The average molecular weight is 494 g/mol. The summed E-state index contributed by atoms with van der Waals surface area (Å²) < 4.78 is 0. The molecule has 3 amide bonds. The number of amides is 3. The van der Waals surface area contributed by atoms with E-state index in [1.165, 1.54) is 0 Å². The van der Waals surface area contributed by atoms with Gasteiger partial charge in [0.15, 0.2) is 5.82 Å². The molecule has 4 heterocycles. The third kappa shape index (κ3) is 5.07. The van der Waals surface area contributed by atoms with Gasteiger partial charge >= 0.3 is 0 Å². The number of benzene rings is 1. The number of hydrogen-bond acceptors (Lipinski definition) is 8. The Hall–Kier alpha value is -3.83. The third-order valence-corrected chi connectivity index (χ3v) is 6.57. The number of anilines is 1. The highest BCUT2D eigenvalue weighted by molar-refractivity contribution is 5.99. The Kier molecular flexibility index (Phi) is 7.61. The van der Waals surface area contributed by atoms with Crippen LogP contribution in [0.2, 0.25) is 0 Å². The SMILES string of the molecule is CCCC(C)N1Cc2cc(-c3cc(CN4CC(O)C4)c4[nH]nc(N)c4n3)ccc2C1=O.O=CNC=O. The van der Waals surface area contributed by atoms with Gasteiger partial charge in [0.2, 0.25) is 12.8 Å². The first kappa shape index (κ1) is 25.3. The smallest absolute Gasteiger partial charge is 0.254 e. The molecule has 0 bridgehead atoms. The van der Waals surface area contributed by atoms with E-state index in [4.69, 9.17) is 20.3 Å². The number of imide groups is 1. The van der Waals surface area contributed by atoms with Crippen LogP contribution in [-0.4, -0.2) is 74.1 Å². The number of hydrogen-bond donors (Lipinski definition) is 4. The van der Waals surface area contributed by atoms with Crippen molar-refractivity contribution < 1.29 is 19.5 Å². The van der Waals surface area contributed by atoms with Gasteiger partial charge in [-0.1, -0.05) is 19.4 Å². The second-order valence-electron chi connectivity index (χ2n) is 9.19. The first-order valence-electron chi connectivity index (χ1n) is 12.0. The lowest BCUT2D eigenvalue weighted by atomic mass is 10.0. The summed E-state index contributed by atoms with van der Waals surface area (Å²) in [6, 6.07) is 8.24. The largest absolute Gasteiger partial charge is 0.390 e. The molecular weight excluding hydrogens is 462 g/mol. The number of carbonyl (C=O) groups excluding carboxylic acids is 3. The summed E-state index contributed by atoms with van der Waals surface area (Å²) in [4.78, 5) is 39.9. The van der Waals surface area contributed by atoms with Crippen molar-refractivity contribution in [3.8, 4) is 11.3 Å². The zero-order chi connectivity index (χ0) is 25.8. The molecule has 1 fully saturated rings. The second-order valence-corrected chi connectivity index (χ2v) is 9.19. The molecule has 1 unspecified atom stereocenters. The fourth-order valence-corrected chi connectivity index (χ4v) is 4.72. The van der Waals surface area contributed by atoms with Gasteiger partial charge in [-0.15, -0.1) is 0 Å². The standard InChI is InChI=1S/C23H28N6O2.C2H3NO2/c1-3-4-13(2)29-10-15-7-14(5-6-18(15)23(29)31)19-8-16(9-28-11-17(30)12-28)20-21(25-19)22(24)27-26-20;4-1-3-2-5/h5-8,13,17,30H,3-4,9-12H2,1-2H3,(H3,24,26,27);1-2H,(H,3,4,5). The van der Waals surface area contributed by atoms with E-state index in [0.717, 1.165) is 46.3 Å². The van der Waals surface area contributed by atoms with E-state index in [1.807, 2.05) is 17.0 Å². The molecule has 0 saturated carbocycles. The molecule has 2 aliphatic heterocycles. The van der Waals surface area contributed by atoms with Gasteiger partial charge in [0.05, 0.1) is 17.3 Å². The van der Waals surface area contributed by atoms with Crippen LogP contribution in [0, 0.1) is 0 Å². The van der Waals surface area contributed by atoms with Gasteiger partial charge in [-0.05, 0) is 42.7 Å². The van der Waals surface area contributed by atoms with E-state index < -0.39 is 0 Å². The van der Waals surface area contributed by atoms with E-state index in [2.05, 4.69) is 41.1 Å². The fourth-order valence-electron chi connectivity index (χ4n) is 4.72. The van der Waals surface area contributed by atoms with Gasteiger partial charge in [0, 0.05) is 43.3 Å². The lowest BCUT2D eigenvalue weighted by Gasteiger charge is -2.35. The van der Waals surface area contributed by atoms with Crippen LogP contribution in [0.1, 0.15) is 48.2 Å². The van der Waals surface area contributed by atoms with Crippen molar-refractivity contribution in [2.75, 3.05) is 18.8 Å². The quantitative estimate of drug-likeness (QED) is 0.343. The lowest BCUT2D eigenvalue weighted by molar-refractivity contribution is -0.117. The maximum atomic E-state index is 12.8. The molecule has 1 saturated heterocycles. The average Bonchev–Trinajstić information content (AvgIpc) is 3.39. The molecule has 5 rings (SSSR count). The van der Waals surface area contributed by atoms with Crippen molar-refractivity contribution in [1.29, 1.82) is 0 Å². The summed E-state index contributed by atoms with van der Waals surface area (Å²) in [5.41, 5.74) is 12.2. The first-order valence-corrected chi connectivity index (χ1v) is 12.0. The Morgan fingerprint density at radius 1 is 1.28 bits per heavy atom. The number of aliphatic hydroxyl groups excluding tert-OH is 1. The monoisotopic (exact) mass is 493 g/mol. The third-order valence-electron chi connectivity index (χ3n) is 6.57. The van der Waals surface area contributed by atoms with Crippen LogP contribution < -0.4 is 11.1 Å². The number of aromatic amines is 1. The molecule has 3 aromatic rings. The zero-order valence-electron chi connectivity index (χ0n) is 20.4. The van der Waals surface area contributed by atoms with E-state index in [1.54, 1.807) is 5.32 Å². The maximum Gasteiger partial charge on any atom is 0.254 e. The zero-order valence-corrected chi connectivity index (χ0v) is 20.4. The number of pyridine rings is 1. The molecule has 1 aromatic carbocycles. The van der Waals surface area contributed by atoms with Gasteiger partial charge in [0.25, 0.3) is 5.91 Å². The number of carbonyl (C=O) groups is 3. The molecule has 0 radical (unpaired) electrons. The van der Waals surface area contributed by atoms with E-state index in [9.17, 15) is 9.90 Å². The Morgan fingerprint density at radius 3 is 2.67 bits per heavy atom. The molecule has 1 atom stereocenters. The Morgan fingerprint density at radius 2 is 2.03 bits per heavy atom. The summed E-state index contributed by atoms with van der Waals surface area (Å²) in [5.74, 6) is 0.486. The molecule has 2 aromatic heterocycles. The van der Waals surface area contributed by atoms with Crippen LogP contribution in [0.15, 0.2) is 24.3 Å². The summed E-state index contributed by atoms with van der Waals surface area (Å²) in [5, 5.41) is 18.5. The molecule has 2 aliphatic rings. The van der Waals surface area contributed by atoms with E-state index >= 15 is 0 Å². The molecule has 11 heteroatoms. The minimum Gasteiger partial charge on any atom is -0.390 e. The predicted octanol–water partition coefficient (Wildman–Crippen LogP) is 1.42. The van der Waals surface area contributed by atoms with Crippen LogP contribution in [-0.2, 0) is 22.7 Å². The number of fused-ring (bicyclic) bond motifs is 2. The Balaban J connectivity index is 0.000000556. The highest BCUT2D eigenvalue weighted by atomic mass is 16.3. The van der Waals surface area contributed by atoms with Gasteiger partial charge in [-0.2, -0.15) is 5.10 Å². The van der Waals surface area contributed by atoms with Crippen LogP contribution >= 0.6 is 0 Å². The van der Waals surface area contributed by atoms with Gasteiger partial charge in [-0.3, -0.25) is 24.4 Å². The number of aliphatic hydroxyl groups is 1. The summed E-state index contributed by atoms with van der Waals surface area (Å²) in [6.07, 6.45) is 2.43. The van der Waals surface area contributed by atoms with Crippen molar-refractivity contribution in [3.63, 3.8) is 0 Å². The Labute approximate surface area is 208 Å². The minimum absolute atomic E-state index is 0.113. The molecule has 0 aliphatic carbocycles. The van der Waals surface area contributed by atoms with Crippen LogP contribution in [0.4, 0.5) is 5.82 Å². The number of nitrogens with one attached hydrogen (secondary N) is 2. The number of rotatable bonds is 8. The number of aromatic nitrogens is 3. The van der Waals surface area contributed by atoms with Crippen molar-refractivity contribution >= 4 is 35.6 Å². The number of β-amino-alcohol motifs (C(OH)–C–C–N with tert-alkyl or cyclic N) is 1. The highest BCUT2D eigenvalue weighted by Crippen LogP contribution is 2.32. The molecule has 190 valence electrons. The van der Waals surface area contributed by atoms with Gasteiger partial charge < -0.3 is 21.1 Å². The van der Waals surface area contributed by atoms with Crippen molar-refractivity contribution in [1.82, 2.24) is 30.3 Å². The normalized spacial score (nSPS) is 16.2. The minimum atomic E-state index is -0.254. The number of likely N-dealkylation sites (tertiary alicyclic amines) is 1. The summed E-state index contributed by atoms with van der Waals surface area (Å²) in [7, 11) is 0. The summed E-state index contributed by atoms with van der Waals surface area (Å²) in [6.45, 7) is 6.91. The molecular formula is C25H31N7O4. The van der Waals surface area contributed by atoms with Gasteiger partial charge in [-0.25, -0.2) is 4.98 Å². The van der Waals surface area contributed by atoms with Crippen molar-refractivity contribution in [3.05, 3.63) is 41.0 Å². The van der Waals surface area contributed by atoms with Crippen molar-refractivity contribution in [2.45, 2.75) is 51.9 Å². The van der Waals surface area contributed by atoms with Crippen LogP contribution in [0.3, 0.4) is 0 Å². The van der Waals surface area contributed by atoms with E-state index in [0.29, 0.717) is 50.3 Å². The number of nitrogens with zero attached hydrogens (tertiary/aromatic N) is 4.